The van der Waals surface area contributed by atoms with Crippen molar-refractivity contribution in [2.75, 3.05) is 0 Å². The minimum absolute atomic E-state index is 0.357. The second kappa shape index (κ2) is 5.12. The molecule has 6 heteroatoms. The summed E-state index contributed by atoms with van der Waals surface area (Å²) >= 11 is 1.26. The molecular formula is C19H10N2O3S. The number of thiazole rings is 1. The summed E-state index contributed by atoms with van der Waals surface area (Å²) in [6.45, 7) is 0. The highest BCUT2D eigenvalue weighted by Gasteiger charge is 2.21. The normalized spacial score (nSPS) is 11.5. The van der Waals surface area contributed by atoms with Crippen molar-refractivity contribution in [2.45, 2.75) is 0 Å². The minimum atomic E-state index is -0.473. The van der Waals surface area contributed by atoms with E-state index in [1.54, 1.807) is 12.1 Å². The Bertz CT molecular complexity index is 1340. The summed E-state index contributed by atoms with van der Waals surface area (Å²) in [5.41, 5.74) is 2.60. The third kappa shape index (κ3) is 1.98. The Balaban J connectivity index is 1.96. The second-order valence-electron chi connectivity index (χ2n) is 5.64. The standard InChI is InChI=1S/C19H10N2O3S/c22-10-16-17(12-9-11-5-1-4-8-15(11)24-18(12)23)21-14-7-3-2-6-13(14)20-19(21)25-16/h1-10H. The molecule has 0 N–H and O–H groups in total. The molecule has 0 fully saturated rings. The number of para-hydroxylation sites is 3. The summed E-state index contributed by atoms with van der Waals surface area (Å²) in [6, 6.07) is 16.7. The van der Waals surface area contributed by atoms with Gasteiger partial charge in [-0.2, -0.15) is 0 Å². The quantitative estimate of drug-likeness (QED) is 0.356. The highest BCUT2D eigenvalue weighted by atomic mass is 32.1. The first kappa shape index (κ1) is 14.1. The third-order valence-electron chi connectivity index (χ3n) is 4.19. The van der Waals surface area contributed by atoms with Crippen LogP contribution >= 0.6 is 11.3 Å². The molecule has 2 aromatic carbocycles. The van der Waals surface area contributed by atoms with E-state index in [0.717, 1.165) is 22.7 Å². The summed E-state index contributed by atoms with van der Waals surface area (Å²) in [7, 11) is 0. The van der Waals surface area contributed by atoms with Crippen LogP contribution in [0.1, 0.15) is 9.67 Å². The smallest absolute Gasteiger partial charge is 0.345 e. The molecule has 0 bridgehead atoms. The Morgan fingerprint density at radius 1 is 1.08 bits per heavy atom. The van der Waals surface area contributed by atoms with Crippen molar-refractivity contribution < 1.29 is 9.21 Å². The fourth-order valence-corrected chi connectivity index (χ4v) is 4.07. The molecule has 0 saturated heterocycles. The molecule has 5 aromatic rings. The zero-order chi connectivity index (χ0) is 17.0. The second-order valence-corrected chi connectivity index (χ2v) is 6.65. The molecule has 0 spiro atoms. The van der Waals surface area contributed by atoms with Crippen molar-refractivity contribution in [3.05, 3.63) is 69.9 Å². The van der Waals surface area contributed by atoms with Gasteiger partial charge in [-0.05, 0) is 24.3 Å². The van der Waals surface area contributed by atoms with Crippen LogP contribution in [0.15, 0.2) is 63.8 Å². The summed E-state index contributed by atoms with van der Waals surface area (Å²) in [5.74, 6) is 0. The van der Waals surface area contributed by atoms with Gasteiger partial charge in [0.15, 0.2) is 11.2 Å². The maximum Gasteiger partial charge on any atom is 0.345 e. The Morgan fingerprint density at radius 2 is 1.88 bits per heavy atom. The monoisotopic (exact) mass is 346 g/mol. The lowest BCUT2D eigenvalue weighted by molar-refractivity contribution is 0.112. The third-order valence-corrected chi connectivity index (χ3v) is 5.16. The van der Waals surface area contributed by atoms with Gasteiger partial charge in [0.05, 0.1) is 27.2 Å². The van der Waals surface area contributed by atoms with Gasteiger partial charge >= 0.3 is 5.63 Å². The minimum Gasteiger partial charge on any atom is -0.422 e. The molecule has 3 aromatic heterocycles. The topological polar surface area (TPSA) is 64.6 Å². The molecule has 0 aliphatic rings. The molecule has 0 unspecified atom stereocenters. The average molecular weight is 346 g/mol. The number of carbonyl (C=O) groups is 1. The van der Waals surface area contributed by atoms with E-state index < -0.39 is 5.63 Å². The van der Waals surface area contributed by atoms with E-state index >= 15 is 0 Å². The SMILES string of the molecule is O=Cc1sc2nc3ccccc3n2c1-c1cc2ccccc2oc1=O. The maximum atomic E-state index is 12.6. The van der Waals surface area contributed by atoms with E-state index in [1.165, 1.54) is 11.3 Å². The lowest BCUT2D eigenvalue weighted by atomic mass is 10.1. The molecule has 0 aliphatic heterocycles. The molecule has 0 atom stereocenters. The van der Waals surface area contributed by atoms with Crippen molar-refractivity contribution in [3.8, 4) is 11.3 Å². The number of hydrogen-bond acceptors (Lipinski definition) is 5. The van der Waals surface area contributed by atoms with Crippen LogP contribution < -0.4 is 5.63 Å². The number of aldehydes is 1. The van der Waals surface area contributed by atoms with Gasteiger partial charge in [0.25, 0.3) is 0 Å². The molecule has 0 radical (unpaired) electrons. The molecule has 120 valence electrons. The van der Waals surface area contributed by atoms with Crippen LogP contribution in [-0.4, -0.2) is 15.7 Å². The zero-order valence-corrected chi connectivity index (χ0v) is 13.6. The zero-order valence-electron chi connectivity index (χ0n) is 12.8. The van der Waals surface area contributed by atoms with Gasteiger partial charge < -0.3 is 4.42 Å². The van der Waals surface area contributed by atoms with Gasteiger partial charge in [0.2, 0.25) is 0 Å². The molecule has 0 saturated carbocycles. The van der Waals surface area contributed by atoms with Crippen molar-refractivity contribution in [3.63, 3.8) is 0 Å². The first-order valence-electron chi connectivity index (χ1n) is 7.65. The van der Waals surface area contributed by atoms with Crippen LogP contribution in [0.25, 0.3) is 38.2 Å². The number of benzene rings is 2. The first-order valence-corrected chi connectivity index (χ1v) is 8.46. The molecule has 0 amide bonds. The lowest BCUT2D eigenvalue weighted by Crippen LogP contribution is -2.05. The average Bonchev–Trinajstić information content (AvgIpc) is 3.16. The Morgan fingerprint density at radius 3 is 2.76 bits per heavy atom. The van der Waals surface area contributed by atoms with Crippen molar-refractivity contribution in [1.29, 1.82) is 0 Å². The van der Waals surface area contributed by atoms with E-state index in [-0.39, 0.29) is 0 Å². The fraction of sp³-hybridized carbons (Fsp3) is 0. The van der Waals surface area contributed by atoms with Gasteiger partial charge in [-0.15, -0.1) is 0 Å². The number of carbonyl (C=O) groups excluding carboxylic acids is 1. The van der Waals surface area contributed by atoms with Crippen LogP contribution in [0.5, 0.6) is 0 Å². The van der Waals surface area contributed by atoms with E-state index in [4.69, 9.17) is 4.42 Å². The Kier molecular flexibility index (Phi) is 2.89. The van der Waals surface area contributed by atoms with E-state index in [1.807, 2.05) is 46.9 Å². The number of hydrogen-bond donors (Lipinski definition) is 0. The van der Waals surface area contributed by atoms with Crippen molar-refractivity contribution in [1.82, 2.24) is 9.38 Å². The summed E-state index contributed by atoms with van der Waals surface area (Å²) < 4.78 is 7.30. The fourth-order valence-electron chi connectivity index (χ4n) is 3.11. The number of aromatic nitrogens is 2. The van der Waals surface area contributed by atoms with Gasteiger partial charge in [-0.3, -0.25) is 9.20 Å². The number of nitrogens with zero attached hydrogens (tertiary/aromatic N) is 2. The Labute approximate surface area is 144 Å². The lowest BCUT2D eigenvalue weighted by Gasteiger charge is -2.03. The van der Waals surface area contributed by atoms with Crippen LogP contribution in [0, 0.1) is 0 Å². The summed E-state index contributed by atoms with van der Waals surface area (Å²) in [4.78, 5) is 29.9. The van der Waals surface area contributed by atoms with Crippen LogP contribution in [-0.2, 0) is 0 Å². The molecule has 5 rings (SSSR count). The van der Waals surface area contributed by atoms with E-state index in [2.05, 4.69) is 4.98 Å². The number of imidazole rings is 1. The molecular weight excluding hydrogens is 336 g/mol. The highest BCUT2D eigenvalue weighted by Crippen LogP contribution is 2.33. The van der Waals surface area contributed by atoms with Crippen LogP contribution in [0.2, 0.25) is 0 Å². The van der Waals surface area contributed by atoms with Crippen molar-refractivity contribution in [2.24, 2.45) is 0 Å². The predicted molar refractivity (Wildman–Crippen MR) is 97.4 cm³/mol. The number of fused-ring (bicyclic) bond motifs is 4. The summed E-state index contributed by atoms with van der Waals surface area (Å²) in [5, 5.41) is 0.803. The van der Waals surface area contributed by atoms with Gasteiger partial charge in [0.1, 0.15) is 5.58 Å². The van der Waals surface area contributed by atoms with Crippen molar-refractivity contribution >= 4 is 44.6 Å². The molecule has 25 heavy (non-hydrogen) atoms. The summed E-state index contributed by atoms with van der Waals surface area (Å²) in [6.07, 6.45) is 0.762. The Hall–Kier alpha value is -3.25. The van der Waals surface area contributed by atoms with E-state index in [9.17, 15) is 9.59 Å². The maximum absolute atomic E-state index is 12.6. The largest absolute Gasteiger partial charge is 0.422 e. The predicted octanol–water partition coefficient (Wildman–Crippen LogP) is 4.13. The first-order chi connectivity index (χ1) is 12.3. The van der Waals surface area contributed by atoms with E-state index in [0.29, 0.717) is 26.7 Å². The molecule has 5 nitrogen and oxygen atoms in total. The highest BCUT2D eigenvalue weighted by molar-refractivity contribution is 7.19. The van der Waals surface area contributed by atoms with Gasteiger partial charge in [0, 0.05) is 5.39 Å². The van der Waals surface area contributed by atoms with Crippen LogP contribution in [0.4, 0.5) is 0 Å². The molecule has 3 heterocycles. The molecule has 0 aliphatic carbocycles. The van der Waals surface area contributed by atoms with Gasteiger partial charge in [-0.1, -0.05) is 41.7 Å². The number of rotatable bonds is 2. The van der Waals surface area contributed by atoms with Crippen LogP contribution in [0.3, 0.4) is 0 Å². The van der Waals surface area contributed by atoms with Gasteiger partial charge in [-0.25, -0.2) is 9.78 Å².